The van der Waals surface area contributed by atoms with Gasteiger partial charge in [-0.2, -0.15) is 4.31 Å². The zero-order valence-electron chi connectivity index (χ0n) is 12.4. The van der Waals surface area contributed by atoms with Crippen LogP contribution in [0.3, 0.4) is 0 Å². The van der Waals surface area contributed by atoms with Gasteiger partial charge in [0.2, 0.25) is 10.0 Å². The van der Waals surface area contributed by atoms with Gasteiger partial charge >= 0.3 is 0 Å². The second-order valence-corrected chi connectivity index (χ2v) is 7.41. The fraction of sp³-hybridized carbons (Fsp3) is 1.00. The first kappa shape index (κ1) is 16.8. The van der Waals surface area contributed by atoms with Crippen LogP contribution >= 0.6 is 0 Å². The van der Waals surface area contributed by atoms with Crippen molar-refractivity contribution in [3.8, 4) is 0 Å². The highest BCUT2D eigenvalue weighted by atomic mass is 32.2. The van der Waals surface area contributed by atoms with Gasteiger partial charge in [0.1, 0.15) is 0 Å². The van der Waals surface area contributed by atoms with Crippen molar-refractivity contribution in [2.45, 2.75) is 6.42 Å². The fourth-order valence-electron chi connectivity index (χ4n) is 2.13. The average Bonchev–Trinajstić information content (AvgIpc) is 2.37. The minimum absolute atomic E-state index is 0.255. The zero-order valence-corrected chi connectivity index (χ0v) is 13.2. The highest BCUT2D eigenvalue weighted by Crippen LogP contribution is 2.08. The quantitative estimate of drug-likeness (QED) is 0.588. The van der Waals surface area contributed by atoms with Crippen molar-refractivity contribution in [2.24, 2.45) is 0 Å². The molecular formula is C12H28N4O2S. The number of hydrogen-bond donors (Lipinski definition) is 1. The van der Waals surface area contributed by atoms with Gasteiger partial charge in [-0.05, 0) is 34.1 Å². The summed E-state index contributed by atoms with van der Waals surface area (Å²) in [6, 6.07) is 0. The summed E-state index contributed by atoms with van der Waals surface area (Å²) in [7, 11) is 2.91. The molecule has 0 bridgehead atoms. The molecule has 1 saturated heterocycles. The molecule has 0 unspecified atom stereocenters. The molecule has 114 valence electrons. The number of hydrogen-bond acceptors (Lipinski definition) is 5. The standard InChI is InChI=1S/C12H28N4O2S/c1-13-5-4-12-19(17,18)16-10-8-15(9-11-16)7-6-14(2)3/h13H,4-12H2,1-3H3. The smallest absolute Gasteiger partial charge is 0.214 e. The lowest BCUT2D eigenvalue weighted by Crippen LogP contribution is -2.50. The SMILES string of the molecule is CNCCCS(=O)(=O)N1CCN(CCN(C)C)CC1. The van der Waals surface area contributed by atoms with Crippen LogP contribution in [0.2, 0.25) is 0 Å². The molecule has 7 heteroatoms. The van der Waals surface area contributed by atoms with Crippen LogP contribution in [0, 0.1) is 0 Å². The minimum atomic E-state index is -3.05. The zero-order chi connectivity index (χ0) is 14.3. The Morgan fingerprint density at radius 3 is 2.32 bits per heavy atom. The molecule has 0 amide bonds. The Hall–Kier alpha value is -0.210. The molecule has 0 aromatic carbocycles. The number of rotatable bonds is 8. The molecule has 1 aliphatic heterocycles. The van der Waals surface area contributed by atoms with Gasteiger partial charge in [-0.1, -0.05) is 0 Å². The monoisotopic (exact) mass is 292 g/mol. The normalized spacial score (nSPS) is 19.2. The lowest BCUT2D eigenvalue weighted by Gasteiger charge is -2.34. The van der Waals surface area contributed by atoms with Crippen LogP contribution in [0.1, 0.15) is 6.42 Å². The Kier molecular flexibility index (Phi) is 7.23. The Morgan fingerprint density at radius 1 is 1.16 bits per heavy atom. The molecule has 1 heterocycles. The molecule has 0 radical (unpaired) electrons. The van der Waals surface area contributed by atoms with Gasteiger partial charge in [-0.25, -0.2) is 8.42 Å². The van der Waals surface area contributed by atoms with Crippen molar-refractivity contribution in [1.29, 1.82) is 0 Å². The topological polar surface area (TPSA) is 55.9 Å². The van der Waals surface area contributed by atoms with Crippen LogP contribution in [-0.4, -0.2) is 95.2 Å². The Bertz CT molecular complexity index is 338. The number of sulfonamides is 1. The fourth-order valence-corrected chi connectivity index (χ4v) is 3.62. The van der Waals surface area contributed by atoms with Gasteiger partial charge in [0, 0.05) is 39.3 Å². The first-order valence-electron chi connectivity index (χ1n) is 6.95. The largest absolute Gasteiger partial charge is 0.320 e. The molecule has 0 aromatic heterocycles. The van der Waals surface area contributed by atoms with Gasteiger partial charge in [0.05, 0.1) is 5.75 Å². The number of piperazine rings is 1. The predicted octanol–water partition coefficient (Wildman–Crippen LogP) is -0.895. The van der Waals surface area contributed by atoms with Gasteiger partial charge in [-0.15, -0.1) is 0 Å². The van der Waals surface area contributed by atoms with Crippen molar-refractivity contribution < 1.29 is 8.42 Å². The third kappa shape index (κ3) is 6.18. The molecule has 1 fully saturated rings. The second-order valence-electron chi connectivity index (χ2n) is 5.32. The molecule has 1 aliphatic rings. The summed E-state index contributed by atoms with van der Waals surface area (Å²) in [4.78, 5) is 4.49. The van der Waals surface area contributed by atoms with E-state index in [0.717, 1.165) is 32.7 Å². The number of nitrogens with zero attached hydrogens (tertiary/aromatic N) is 3. The summed E-state index contributed by atoms with van der Waals surface area (Å²) in [6.07, 6.45) is 0.680. The Morgan fingerprint density at radius 2 is 1.79 bits per heavy atom. The van der Waals surface area contributed by atoms with Gasteiger partial charge in [-0.3, -0.25) is 4.90 Å². The van der Waals surface area contributed by atoms with E-state index in [4.69, 9.17) is 0 Å². The van der Waals surface area contributed by atoms with Crippen LogP contribution < -0.4 is 5.32 Å². The third-order valence-electron chi connectivity index (χ3n) is 3.42. The maximum atomic E-state index is 12.1. The van der Waals surface area contributed by atoms with Crippen molar-refractivity contribution in [3.05, 3.63) is 0 Å². The summed E-state index contributed by atoms with van der Waals surface area (Å²) >= 11 is 0. The molecule has 0 spiro atoms. The summed E-state index contributed by atoms with van der Waals surface area (Å²) in [5.74, 6) is 0.255. The molecule has 1 rings (SSSR count). The van der Waals surface area contributed by atoms with E-state index in [1.54, 1.807) is 4.31 Å². The first-order valence-corrected chi connectivity index (χ1v) is 8.56. The van der Waals surface area contributed by atoms with Crippen molar-refractivity contribution >= 4 is 10.0 Å². The van der Waals surface area contributed by atoms with Crippen LogP contribution in [-0.2, 0) is 10.0 Å². The Labute approximate surface area is 117 Å². The van der Waals surface area contributed by atoms with Crippen molar-refractivity contribution in [1.82, 2.24) is 19.4 Å². The Balaban J connectivity index is 2.32. The third-order valence-corrected chi connectivity index (χ3v) is 5.37. The average molecular weight is 292 g/mol. The minimum Gasteiger partial charge on any atom is -0.320 e. The first-order chi connectivity index (χ1) is 8.95. The van der Waals surface area contributed by atoms with E-state index in [2.05, 4.69) is 29.2 Å². The van der Waals surface area contributed by atoms with E-state index in [-0.39, 0.29) is 5.75 Å². The number of likely N-dealkylation sites (N-methyl/N-ethyl adjacent to an activating group) is 1. The lowest BCUT2D eigenvalue weighted by molar-refractivity contribution is 0.174. The lowest BCUT2D eigenvalue weighted by atomic mass is 10.3. The maximum absolute atomic E-state index is 12.1. The summed E-state index contributed by atoms with van der Waals surface area (Å²) in [5, 5.41) is 2.98. The summed E-state index contributed by atoms with van der Waals surface area (Å²) in [5.41, 5.74) is 0. The van der Waals surface area contributed by atoms with Crippen LogP contribution in [0.4, 0.5) is 0 Å². The molecule has 6 nitrogen and oxygen atoms in total. The van der Waals surface area contributed by atoms with E-state index in [1.807, 2.05) is 7.05 Å². The highest BCUT2D eigenvalue weighted by Gasteiger charge is 2.26. The number of nitrogens with one attached hydrogen (secondary N) is 1. The highest BCUT2D eigenvalue weighted by molar-refractivity contribution is 7.89. The van der Waals surface area contributed by atoms with Gasteiger partial charge in [0.25, 0.3) is 0 Å². The van der Waals surface area contributed by atoms with E-state index in [1.165, 1.54) is 0 Å². The summed E-state index contributed by atoms with van der Waals surface area (Å²) in [6.45, 7) is 5.75. The van der Waals surface area contributed by atoms with E-state index in [9.17, 15) is 8.42 Å². The van der Waals surface area contributed by atoms with E-state index >= 15 is 0 Å². The molecule has 0 aromatic rings. The van der Waals surface area contributed by atoms with Crippen LogP contribution in [0.25, 0.3) is 0 Å². The van der Waals surface area contributed by atoms with E-state index < -0.39 is 10.0 Å². The van der Waals surface area contributed by atoms with Crippen molar-refractivity contribution in [3.63, 3.8) is 0 Å². The molecule has 19 heavy (non-hydrogen) atoms. The van der Waals surface area contributed by atoms with Crippen LogP contribution in [0.5, 0.6) is 0 Å². The molecule has 0 atom stereocenters. The molecule has 1 N–H and O–H groups in total. The van der Waals surface area contributed by atoms with E-state index in [0.29, 0.717) is 19.5 Å². The molecular weight excluding hydrogens is 264 g/mol. The van der Waals surface area contributed by atoms with Gasteiger partial charge in [0.15, 0.2) is 0 Å². The van der Waals surface area contributed by atoms with Crippen molar-refractivity contribution in [2.75, 3.05) is 72.7 Å². The van der Waals surface area contributed by atoms with Crippen LogP contribution in [0.15, 0.2) is 0 Å². The molecule has 0 saturated carbocycles. The predicted molar refractivity (Wildman–Crippen MR) is 78.9 cm³/mol. The molecule has 0 aliphatic carbocycles. The van der Waals surface area contributed by atoms with Gasteiger partial charge < -0.3 is 10.2 Å². The maximum Gasteiger partial charge on any atom is 0.214 e. The summed E-state index contributed by atoms with van der Waals surface area (Å²) < 4.78 is 25.9. The second kappa shape index (κ2) is 8.16.